The molecular formula is C10H12N2OS. The first-order chi connectivity index (χ1) is 6.90. The van der Waals surface area contributed by atoms with E-state index in [0.717, 1.165) is 35.5 Å². The second-order valence-electron chi connectivity index (χ2n) is 3.04. The summed E-state index contributed by atoms with van der Waals surface area (Å²) in [5.41, 5.74) is 2.78. The molecule has 0 aliphatic carbocycles. The SMILES string of the molecule is SCCCNc1ccc2ncoc2c1. The maximum absolute atomic E-state index is 5.20. The van der Waals surface area contributed by atoms with Gasteiger partial charge in [0.15, 0.2) is 12.0 Å². The number of aromatic nitrogens is 1. The number of hydrogen-bond acceptors (Lipinski definition) is 4. The highest BCUT2D eigenvalue weighted by atomic mass is 32.1. The van der Waals surface area contributed by atoms with E-state index in [-0.39, 0.29) is 0 Å². The van der Waals surface area contributed by atoms with E-state index < -0.39 is 0 Å². The molecule has 0 saturated carbocycles. The molecule has 0 bridgehead atoms. The van der Waals surface area contributed by atoms with Gasteiger partial charge in [-0.1, -0.05) is 0 Å². The second-order valence-corrected chi connectivity index (χ2v) is 3.49. The molecule has 0 aliphatic heterocycles. The van der Waals surface area contributed by atoms with E-state index in [1.807, 2.05) is 18.2 Å². The fraction of sp³-hybridized carbons (Fsp3) is 0.300. The number of rotatable bonds is 4. The first-order valence-corrected chi connectivity index (χ1v) is 5.21. The number of nitrogens with zero attached hydrogens (tertiary/aromatic N) is 1. The molecule has 3 nitrogen and oxygen atoms in total. The highest BCUT2D eigenvalue weighted by molar-refractivity contribution is 7.80. The van der Waals surface area contributed by atoms with Gasteiger partial charge in [0.1, 0.15) is 5.52 Å². The van der Waals surface area contributed by atoms with Gasteiger partial charge in [0, 0.05) is 18.3 Å². The Morgan fingerprint density at radius 3 is 3.21 bits per heavy atom. The third-order valence-corrected chi connectivity index (χ3v) is 2.31. The lowest BCUT2D eigenvalue weighted by molar-refractivity contribution is 0.602. The average Bonchev–Trinajstić information content (AvgIpc) is 2.65. The minimum atomic E-state index is 0.820. The molecule has 14 heavy (non-hydrogen) atoms. The number of thiol groups is 1. The maximum Gasteiger partial charge on any atom is 0.181 e. The third-order valence-electron chi connectivity index (χ3n) is 2.00. The van der Waals surface area contributed by atoms with Crippen LogP contribution >= 0.6 is 12.6 Å². The Bertz CT molecular complexity index is 413. The van der Waals surface area contributed by atoms with E-state index in [4.69, 9.17) is 4.42 Å². The van der Waals surface area contributed by atoms with Crippen molar-refractivity contribution < 1.29 is 4.42 Å². The number of anilines is 1. The Kier molecular flexibility index (Phi) is 2.93. The van der Waals surface area contributed by atoms with Crippen molar-refractivity contribution in [3.8, 4) is 0 Å². The minimum absolute atomic E-state index is 0.820. The Hall–Kier alpha value is -1.16. The van der Waals surface area contributed by atoms with Crippen molar-refractivity contribution in [2.75, 3.05) is 17.6 Å². The topological polar surface area (TPSA) is 38.1 Å². The molecule has 1 aromatic heterocycles. The van der Waals surface area contributed by atoms with E-state index >= 15 is 0 Å². The lowest BCUT2D eigenvalue weighted by Gasteiger charge is -2.03. The predicted octanol–water partition coefficient (Wildman–Crippen LogP) is 2.56. The molecule has 74 valence electrons. The summed E-state index contributed by atoms with van der Waals surface area (Å²) in [5.74, 6) is 0.900. The van der Waals surface area contributed by atoms with Crippen LogP contribution in [-0.4, -0.2) is 17.3 Å². The highest BCUT2D eigenvalue weighted by Gasteiger charge is 1.98. The molecular weight excluding hydrogens is 196 g/mol. The molecule has 1 N–H and O–H groups in total. The van der Waals surface area contributed by atoms with Crippen molar-refractivity contribution >= 4 is 29.4 Å². The highest BCUT2D eigenvalue weighted by Crippen LogP contribution is 2.17. The number of oxazole rings is 1. The Morgan fingerprint density at radius 1 is 1.43 bits per heavy atom. The quantitative estimate of drug-likeness (QED) is 0.599. The van der Waals surface area contributed by atoms with Gasteiger partial charge in [0.05, 0.1) is 0 Å². The summed E-state index contributed by atoms with van der Waals surface area (Å²) >= 11 is 4.15. The van der Waals surface area contributed by atoms with Gasteiger partial charge in [-0.15, -0.1) is 0 Å². The molecule has 0 atom stereocenters. The van der Waals surface area contributed by atoms with Gasteiger partial charge >= 0.3 is 0 Å². The summed E-state index contributed by atoms with van der Waals surface area (Å²) in [4.78, 5) is 4.05. The van der Waals surface area contributed by atoms with Crippen molar-refractivity contribution in [1.29, 1.82) is 0 Å². The lowest BCUT2D eigenvalue weighted by Crippen LogP contribution is -2.01. The number of benzene rings is 1. The molecule has 0 amide bonds. The van der Waals surface area contributed by atoms with Crippen LogP contribution in [0.4, 0.5) is 5.69 Å². The van der Waals surface area contributed by atoms with Crippen molar-refractivity contribution in [3.63, 3.8) is 0 Å². The van der Waals surface area contributed by atoms with Crippen molar-refractivity contribution in [2.24, 2.45) is 0 Å². The van der Waals surface area contributed by atoms with Crippen LogP contribution in [0.25, 0.3) is 11.1 Å². The molecule has 1 aromatic carbocycles. The number of fused-ring (bicyclic) bond motifs is 1. The summed E-state index contributed by atoms with van der Waals surface area (Å²) in [6.45, 7) is 0.934. The third kappa shape index (κ3) is 2.01. The summed E-state index contributed by atoms with van der Waals surface area (Å²) in [7, 11) is 0. The van der Waals surface area contributed by atoms with Crippen LogP contribution in [0.15, 0.2) is 29.0 Å². The zero-order valence-corrected chi connectivity index (χ0v) is 8.63. The molecule has 0 unspecified atom stereocenters. The van der Waals surface area contributed by atoms with Gasteiger partial charge in [-0.25, -0.2) is 4.98 Å². The molecule has 2 rings (SSSR count). The van der Waals surface area contributed by atoms with E-state index in [1.54, 1.807) is 0 Å². The van der Waals surface area contributed by atoms with E-state index in [1.165, 1.54) is 6.39 Å². The first kappa shape index (κ1) is 9.40. The minimum Gasteiger partial charge on any atom is -0.443 e. The van der Waals surface area contributed by atoms with Crippen LogP contribution in [-0.2, 0) is 0 Å². The maximum atomic E-state index is 5.20. The van der Waals surface area contributed by atoms with Gasteiger partial charge in [0.25, 0.3) is 0 Å². The van der Waals surface area contributed by atoms with Crippen LogP contribution in [0.2, 0.25) is 0 Å². The second kappa shape index (κ2) is 4.37. The molecule has 0 spiro atoms. The van der Waals surface area contributed by atoms with Crippen molar-refractivity contribution in [1.82, 2.24) is 4.98 Å². The Morgan fingerprint density at radius 2 is 2.36 bits per heavy atom. The van der Waals surface area contributed by atoms with Gasteiger partial charge in [0.2, 0.25) is 0 Å². The standard InChI is InChI=1S/C10H12N2OS/c14-5-1-4-11-8-2-3-9-10(6-8)13-7-12-9/h2-3,6-7,11,14H,1,4-5H2. The predicted molar refractivity (Wildman–Crippen MR) is 61.0 cm³/mol. The normalized spacial score (nSPS) is 10.6. The van der Waals surface area contributed by atoms with Crippen LogP contribution in [0.5, 0.6) is 0 Å². The van der Waals surface area contributed by atoms with E-state index in [0.29, 0.717) is 0 Å². The van der Waals surface area contributed by atoms with Crippen LogP contribution in [0, 0.1) is 0 Å². The fourth-order valence-corrected chi connectivity index (χ4v) is 1.43. The fourth-order valence-electron chi connectivity index (χ4n) is 1.28. The molecule has 1 heterocycles. The molecule has 0 fully saturated rings. The van der Waals surface area contributed by atoms with Gasteiger partial charge in [-0.05, 0) is 24.3 Å². The van der Waals surface area contributed by atoms with Gasteiger partial charge in [-0.3, -0.25) is 0 Å². The molecule has 2 aromatic rings. The molecule has 0 saturated heterocycles. The van der Waals surface area contributed by atoms with Crippen LogP contribution < -0.4 is 5.32 Å². The van der Waals surface area contributed by atoms with E-state index in [9.17, 15) is 0 Å². The average molecular weight is 208 g/mol. The Labute approximate surface area is 87.9 Å². The zero-order valence-electron chi connectivity index (χ0n) is 7.73. The summed E-state index contributed by atoms with van der Waals surface area (Å²) in [5, 5.41) is 3.29. The smallest absolute Gasteiger partial charge is 0.181 e. The summed E-state index contributed by atoms with van der Waals surface area (Å²) < 4.78 is 5.20. The number of nitrogens with one attached hydrogen (secondary N) is 1. The summed E-state index contributed by atoms with van der Waals surface area (Å²) in [6.07, 6.45) is 2.51. The monoisotopic (exact) mass is 208 g/mol. The van der Waals surface area contributed by atoms with Crippen LogP contribution in [0.3, 0.4) is 0 Å². The zero-order chi connectivity index (χ0) is 9.80. The molecule has 0 radical (unpaired) electrons. The van der Waals surface area contributed by atoms with Gasteiger partial charge < -0.3 is 9.73 Å². The van der Waals surface area contributed by atoms with Crippen molar-refractivity contribution in [2.45, 2.75) is 6.42 Å². The lowest BCUT2D eigenvalue weighted by atomic mass is 10.3. The Balaban J connectivity index is 2.10. The molecule has 0 aliphatic rings. The largest absolute Gasteiger partial charge is 0.443 e. The van der Waals surface area contributed by atoms with Gasteiger partial charge in [-0.2, -0.15) is 12.6 Å². The van der Waals surface area contributed by atoms with Crippen LogP contribution in [0.1, 0.15) is 6.42 Å². The van der Waals surface area contributed by atoms with E-state index in [2.05, 4.69) is 22.9 Å². The molecule has 4 heteroatoms. The number of hydrogen-bond donors (Lipinski definition) is 2. The van der Waals surface area contributed by atoms with Crippen molar-refractivity contribution in [3.05, 3.63) is 24.6 Å². The first-order valence-electron chi connectivity index (χ1n) is 4.58. The summed E-state index contributed by atoms with van der Waals surface area (Å²) in [6, 6.07) is 5.91.